The molecule has 2 unspecified atom stereocenters. The lowest BCUT2D eigenvalue weighted by atomic mass is 10.1. The summed E-state index contributed by atoms with van der Waals surface area (Å²) in [5, 5.41) is 9.05. The van der Waals surface area contributed by atoms with Gasteiger partial charge in [-0.25, -0.2) is 4.98 Å². The van der Waals surface area contributed by atoms with Gasteiger partial charge in [0.05, 0.1) is 25.7 Å². The summed E-state index contributed by atoms with van der Waals surface area (Å²) in [6.45, 7) is 1.76. The molecule has 0 saturated carbocycles. The maximum atomic E-state index is 12.8. The number of carbonyl (C=O) groups is 2. The van der Waals surface area contributed by atoms with Gasteiger partial charge in [-0.3, -0.25) is 9.59 Å². The first kappa shape index (κ1) is 17.0. The van der Waals surface area contributed by atoms with Gasteiger partial charge in [-0.1, -0.05) is 0 Å². The molecule has 1 aromatic heterocycles. The largest absolute Gasteiger partial charge is 0.481 e. The number of hydrogen-bond acceptors (Lipinski definition) is 6. The highest BCUT2D eigenvalue weighted by Crippen LogP contribution is 2.23. The molecule has 2 aliphatic heterocycles. The summed E-state index contributed by atoms with van der Waals surface area (Å²) >= 11 is 1.68. The van der Waals surface area contributed by atoms with Crippen molar-refractivity contribution in [3.05, 3.63) is 23.9 Å². The maximum absolute atomic E-state index is 12.8. The molecule has 1 aromatic rings. The van der Waals surface area contributed by atoms with Gasteiger partial charge in [0.15, 0.2) is 0 Å². The first-order chi connectivity index (χ1) is 11.6. The lowest BCUT2D eigenvalue weighted by molar-refractivity contribution is -0.138. The highest BCUT2D eigenvalue weighted by molar-refractivity contribution is 7.99. The summed E-state index contributed by atoms with van der Waals surface area (Å²) in [4.78, 5) is 29.6. The van der Waals surface area contributed by atoms with Crippen molar-refractivity contribution in [2.75, 3.05) is 31.3 Å². The van der Waals surface area contributed by atoms with Crippen LogP contribution >= 0.6 is 11.8 Å². The standard InChI is InChI=1S/C16H20N2O5S/c19-15(20)8-12-10-24-6-4-18(12)16(21)11-1-3-17-14(7-11)23-13-2-5-22-9-13/h1,3,7,12-13H,2,4-6,8-10H2,(H,19,20). The van der Waals surface area contributed by atoms with E-state index in [4.69, 9.17) is 14.6 Å². The number of carbonyl (C=O) groups excluding carboxylic acids is 1. The molecule has 0 bridgehead atoms. The van der Waals surface area contributed by atoms with E-state index in [1.807, 2.05) is 0 Å². The Hall–Kier alpha value is -1.80. The van der Waals surface area contributed by atoms with Gasteiger partial charge >= 0.3 is 5.97 Å². The molecule has 3 heterocycles. The molecular weight excluding hydrogens is 332 g/mol. The third-order valence-electron chi connectivity index (χ3n) is 4.06. The van der Waals surface area contributed by atoms with Crippen LogP contribution in [0, 0.1) is 0 Å². The molecule has 2 fully saturated rings. The van der Waals surface area contributed by atoms with Crippen LogP contribution in [0.15, 0.2) is 18.3 Å². The van der Waals surface area contributed by atoms with Gasteiger partial charge in [-0.2, -0.15) is 11.8 Å². The zero-order chi connectivity index (χ0) is 16.9. The van der Waals surface area contributed by atoms with E-state index in [1.165, 1.54) is 0 Å². The van der Waals surface area contributed by atoms with E-state index in [-0.39, 0.29) is 24.5 Å². The van der Waals surface area contributed by atoms with Crippen LogP contribution in [0.1, 0.15) is 23.2 Å². The number of thioether (sulfide) groups is 1. The van der Waals surface area contributed by atoms with Crippen LogP contribution in [0.4, 0.5) is 0 Å². The van der Waals surface area contributed by atoms with Crippen LogP contribution in [-0.4, -0.2) is 70.3 Å². The number of amides is 1. The summed E-state index contributed by atoms with van der Waals surface area (Å²) in [5.41, 5.74) is 0.473. The second-order valence-electron chi connectivity index (χ2n) is 5.81. The van der Waals surface area contributed by atoms with E-state index in [2.05, 4.69) is 4.98 Å². The van der Waals surface area contributed by atoms with Gasteiger partial charge in [-0.15, -0.1) is 0 Å². The average molecular weight is 352 g/mol. The van der Waals surface area contributed by atoms with E-state index < -0.39 is 5.97 Å². The van der Waals surface area contributed by atoms with E-state index >= 15 is 0 Å². The monoisotopic (exact) mass is 352 g/mol. The molecule has 130 valence electrons. The first-order valence-corrected chi connectivity index (χ1v) is 9.10. The highest BCUT2D eigenvalue weighted by Gasteiger charge is 2.30. The molecule has 0 spiro atoms. The molecular formula is C16H20N2O5S. The van der Waals surface area contributed by atoms with E-state index in [0.29, 0.717) is 37.0 Å². The fraction of sp³-hybridized carbons (Fsp3) is 0.562. The highest BCUT2D eigenvalue weighted by atomic mass is 32.2. The smallest absolute Gasteiger partial charge is 0.305 e. The molecule has 24 heavy (non-hydrogen) atoms. The summed E-state index contributed by atoms with van der Waals surface area (Å²) in [7, 11) is 0. The van der Waals surface area contributed by atoms with Gasteiger partial charge in [0.2, 0.25) is 5.88 Å². The zero-order valence-corrected chi connectivity index (χ0v) is 14.0. The minimum Gasteiger partial charge on any atom is -0.481 e. The summed E-state index contributed by atoms with van der Waals surface area (Å²) in [5.74, 6) is 0.802. The molecule has 0 radical (unpaired) electrons. The topological polar surface area (TPSA) is 89.0 Å². The van der Waals surface area contributed by atoms with Crippen molar-refractivity contribution in [2.24, 2.45) is 0 Å². The lowest BCUT2D eigenvalue weighted by Crippen LogP contribution is -2.47. The Bertz CT molecular complexity index is 606. The fourth-order valence-electron chi connectivity index (χ4n) is 2.84. The Morgan fingerprint density at radius 3 is 3.12 bits per heavy atom. The Morgan fingerprint density at radius 2 is 2.38 bits per heavy atom. The van der Waals surface area contributed by atoms with Crippen LogP contribution in [0.3, 0.4) is 0 Å². The average Bonchev–Trinajstić information content (AvgIpc) is 3.07. The molecule has 0 aromatic carbocycles. The molecule has 0 aliphatic carbocycles. The number of carboxylic acid groups (broad SMARTS) is 1. The van der Waals surface area contributed by atoms with E-state index in [1.54, 1.807) is 35.0 Å². The second-order valence-corrected chi connectivity index (χ2v) is 6.96. The molecule has 1 amide bonds. The fourth-order valence-corrected chi connectivity index (χ4v) is 3.90. The van der Waals surface area contributed by atoms with E-state index in [9.17, 15) is 9.59 Å². The number of nitrogens with zero attached hydrogens (tertiary/aromatic N) is 2. The molecule has 7 nitrogen and oxygen atoms in total. The van der Waals surface area contributed by atoms with Crippen molar-refractivity contribution < 1.29 is 24.2 Å². The Labute approximate surface area is 144 Å². The number of ether oxygens (including phenoxy) is 2. The molecule has 3 rings (SSSR count). The molecule has 1 N–H and O–H groups in total. The van der Waals surface area contributed by atoms with Crippen LogP contribution in [0.2, 0.25) is 0 Å². The van der Waals surface area contributed by atoms with Crippen LogP contribution in [0.25, 0.3) is 0 Å². The Balaban J connectivity index is 1.71. The number of aliphatic carboxylic acids is 1. The first-order valence-electron chi connectivity index (χ1n) is 7.94. The van der Waals surface area contributed by atoms with Crippen LogP contribution < -0.4 is 4.74 Å². The maximum Gasteiger partial charge on any atom is 0.305 e. The third-order valence-corrected chi connectivity index (χ3v) is 5.15. The third kappa shape index (κ3) is 4.18. The quantitative estimate of drug-likeness (QED) is 0.854. The molecule has 2 aliphatic rings. The number of pyridine rings is 1. The summed E-state index contributed by atoms with van der Waals surface area (Å²) in [6.07, 6.45) is 2.29. The molecule has 2 saturated heterocycles. The van der Waals surface area contributed by atoms with Gasteiger partial charge < -0.3 is 19.5 Å². The number of rotatable bonds is 5. The van der Waals surface area contributed by atoms with Crippen molar-refractivity contribution in [3.8, 4) is 5.88 Å². The molecule has 2 atom stereocenters. The normalized spacial score (nSPS) is 23.9. The van der Waals surface area contributed by atoms with Crippen molar-refractivity contribution in [1.82, 2.24) is 9.88 Å². The summed E-state index contributed by atoms with van der Waals surface area (Å²) < 4.78 is 11.0. The van der Waals surface area contributed by atoms with Gasteiger partial charge in [0, 0.05) is 42.3 Å². The molecule has 8 heteroatoms. The number of aromatic nitrogens is 1. The van der Waals surface area contributed by atoms with E-state index in [0.717, 1.165) is 12.2 Å². The van der Waals surface area contributed by atoms with Crippen LogP contribution in [-0.2, 0) is 9.53 Å². The number of carboxylic acids is 1. The Kier molecular flexibility index (Phi) is 5.57. The lowest BCUT2D eigenvalue weighted by Gasteiger charge is -2.34. The van der Waals surface area contributed by atoms with Gasteiger partial charge in [0.1, 0.15) is 6.10 Å². The minimum absolute atomic E-state index is 0.0333. The van der Waals surface area contributed by atoms with Crippen molar-refractivity contribution >= 4 is 23.6 Å². The predicted molar refractivity (Wildman–Crippen MR) is 88.5 cm³/mol. The van der Waals surface area contributed by atoms with Gasteiger partial charge in [0.25, 0.3) is 5.91 Å². The Morgan fingerprint density at radius 1 is 1.50 bits per heavy atom. The van der Waals surface area contributed by atoms with Crippen LogP contribution in [0.5, 0.6) is 5.88 Å². The van der Waals surface area contributed by atoms with Crippen molar-refractivity contribution in [1.29, 1.82) is 0 Å². The predicted octanol–water partition coefficient (Wildman–Crippen LogP) is 1.28. The van der Waals surface area contributed by atoms with Gasteiger partial charge in [-0.05, 0) is 6.07 Å². The van der Waals surface area contributed by atoms with Crippen molar-refractivity contribution in [3.63, 3.8) is 0 Å². The second kappa shape index (κ2) is 7.85. The van der Waals surface area contributed by atoms with Crippen molar-refractivity contribution in [2.45, 2.75) is 25.0 Å². The number of hydrogen-bond donors (Lipinski definition) is 1. The summed E-state index contributed by atoms with van der Waals surface area (Å²) in [6, 6.07) is 2.98. The SMILES string of the molecule is O=C(O)CC1CSCCN1C(=O)c1ccnc(OC2CCOC2)c1. The zero-order valence-electron chi connectivity index (χ0n) is 13.2. The minimum atomic E-state index is -0.889.